The number of carboxylic acids is 4. The molecule has 18 nitrogen and oxygen atoms in total. The molecule has 0 spiro atoms. The zero-order valence-electron chi connectivity index (χ0n) is 32.9. The van der Waals surface area contributed by atoms with Crippen molar-refractivity contribution in [3.63, 3.8) is 0 Å². The smallest absolute Gasteiger partial charge is 0.548 e. The Kier molecular flexibility index (Phi) is 20.8. The van der Waals surface area contributed by atoms with Crippen LogP contribution in [0.2, 0.25) is 0 Å². The number of amides is 1. The van der Waals surface area contributed by atoms with Crippen LogP contribution in [0.15, 0.2) is 75.9 Å². The summed E-state index contributed by atoms with van der Waals surface area (Å²) in [5, 5.41) is 58.9. The number of phenols is 1. The van der Waals surface area contributed by atoms with Gasteiger partial charge in [-0.05, 0) is 66.6 Å². The second-order valence-electron chi connectivity index (χ2n) is 12.0. The molecule has 0 radical (unpaired) electrons. The standard InChI is InChI=1S/C37H34N4O14.4Li/c1-20-2-7-25(40(16-31(44)45)17-32(46)47)29(12-20)53-10-11-54-30-13-21(3-8-26(30)41(18-33(48)49)19-34(50)51)15-38-37(52)35-27(43)9-6-24-36(35)55-28-14-22(42)4-5-23(28)39-24;;;;/h2-9,12-14,43H,10-11,15-19H2,1H3,(H,38,52)(H,44,45)(H,46,47)(H,48,49)(H,50,51);;;;/q;4*+1/p-4. The number of carboxylic acid groups (broad SMARTS) is 4. The summed E-state index contributed by atoms with van der Waals surface area (Å²) in [4.78, 5) is 77.3. The number of aliphatic carboxylic acids is 4. The normalized spacial score (nSPS) is 10.1. The molecule has 0 unspecified atom stereocenters. The van der Waals surface area contributed by atoms with E-state index in [-0.39, 0.29) is 146 Å². The van der Waals surface area contributed by atoms with E-state index in [1.54, 1.807) is 13.0 Å². The summed E-state index contributed by atoms with van der Waals surface area (Å²) in [6, 6.07) is 15.4. The van der Waals surface area contributed by atoms with Crippen LogP contribution in [-0.2, 0) is 25.7 Å². The average Bonchev–Trinajstić information content (AvgIpc) is 3.10. The van der Waals surface area contributed by atoms with Gasteiger partial charge in [-0.25, -0.2) is 4.98 Å². The number of anilines is 2. The molecular formula is C37H30Li4N4O14. The van der Waals surface area contributed by atoms with Gasteiger partial charge in [-0.3, -0.25) is 9.59 Å². The first kappa shape index (κ1) is 52.0. The summed E-state index contributed by atoms with van der Waals surface area (Å²) in [5.74, 6) is -7.41. The van der Waals surface area contributed by atoms with E-state index in [4.69, 9.17) is 13.9 Å². The fourth-order valence-electron chi connectivity index (χ4n) is 5.57. The molecule has 1 amide bonds. The SMILES string of the molecule is Cc1ccc(N(CC(=O)[O-])CC(=O)[O-])c(OCCOc2cc(CNC(=O)c3c(O)ccc4nc5ccc(=O)cc-5oc34)ccc2N(CC(=O)[O-])CC(=O)[O-])c1.[Li+].[Li+].[Li+].[Li+]. The summed E-state index contributed by atoms with van der Waals surface area (Å²) in [7, 11) is 0. The third-order valence-electron chi connectivity index (χ3n) is 7.88. The van der Waals surface area contributed by atoms with E-state index in [0.717, 1.165) is 9.80 Å². The van der Waals surface area contributed by atoms with Crippen molar-refractivity contribution in [3.05, 3.63) is 93.6 Å². The van der Waals surface area contributed by atoms with E-state index >= 15 is 0 Å². The molecule has 286 valence electrons. The first-order valence-corrected chi connectivity index (χ1v) is 16.3. The maximum Gasteiger partial charge on any atom is 1.00 e. The van der Waals surface area contributed by atoms with E-state index in [9.17, 15) is 54.3 Å². The number of hydrogen-bond donors (Lipinski definition) is 2. The van der Waals surface area contributed by atoms with Crippen LogP contribution >= 0.6 is 0 Å². The van der Waals surface area contributed by atoms with Crippen LogP contribution in [0.25, 0.3) is 22.6 Å². The number of fused-ring (bicyclic) bond motifs is 2. The zero-order valence-corrected chi connectivity index (χ0v) is 32.9. The minimum absolute atomic E-state index is 0. The van der Waals surface area contributed by atoms with Gasteiger partial charge in [0.2, 0.25) is 0 Å². The number of aromatic nitrogens is 1. The molecule has 0 saturated carbocycles. The number of carbonyl (C=O) groups is 5. The Morgan fingerprint density at radius 1 is 0.712 bits per heavy atom. The van der Waals surface area contributed by atoms with Gasteiger partial charge in [-0.1, -0.05) is 12.1 Å². The van der Waals surface area contributed by atoms with E-state index in [0.29, 0.717) is 16.8 Å². The summed E-state index contributed by atoms with van der Waals surface area (Å²) >= 11 is 0. The molecule has 0 bridgehead atoms. The number of hydrogen-bond acceptors (Lipinski definition) is 17. The zero-order chi connectivity index (χ0) is 39.8. The van der Waals surface area contributed by atoms with E-state index < -0.39 is 61.7 Å². The van der Waals surface area contributed by atoms with Crippen molar-refractivity contribution < 1.29 is 139 Å². The van der Waals surface area contributed by atoms with Crippen LogP contribution in [0, 0.1) is 6.92 Å². The van der Waals surface area contributed by atoms with Crippen molar-refractivity contribution in [3.8, 4) is 28.7 Å². The van der Waals surface area contributed by atoms with Gasteiger partial charge in [-0.15, -0.1) is 0 Å². The number of nitrogens with zero attached hydrogens (tertiary/aromatic N) is 3. The predicted octanol–water partition coefficient (Wildman–Crippen LogP) is -14.7. The average molecular weight is 782 g/mol. The molecule has 3 aromatic rings. The number of ether oxygens (including phenoxy) is 2. The monoisotopic (exact) mass is 782 g/mol. The van der Waals surface area contributed by atoms with Crippen LogP contribution in [-0.4, -0.2) is 79.3 Å². The summed E-state index contributed by atoms with van der Waals surface area (Å²) in [6.07, 6.45) is 0. The maximum atomic E-state index is 13.4. The molecule has 5 rings (SSSR count). The molecule has 0 fully saturated rings. The Morgan fingerprint density at radius 3 is 1.78 bits per heavy atom. The first-order chi connectivity index (χ1) is 26.2. The molecule has 59 heavy (non-hydrogen) atoms. The molecule has 1 heterocycles. The third kappa shape index (κ3) is 14.1. The number of aryl methyl sites for hydroxylation is 1. The number of nitrogens with one attached hydrogen (secondary N) is 1. The van der Waals surface area contributed by atoms with Gasteiger partial charge < -0.3 is 73.7 Å². The number of phenolic OH excluding ortho intramolecular Hbond substituents is 1. The molecule has 1 aliphatic heterocycles. The fourth-order valence-corrected chi connectivity index (χ4v) is 5.57. The topological polar surface area (TPSA) is 278 Å². The Bertz CT molecular complexity index is 2300. The van der Waals surface area contributed by atoms with Gasteiger partial charge in [0.15, 0.2) is 16.8 Å². The van der Waals surface area contributed by atoms with Crippen LogP contribution in [0.5, 0.6) is 17.2 Å². The largest absolute Gasteiger partial charge is 1.00 e. The Morgan fingerprint density at radius 2 is 1.24 bits per heavy atom. The summed E-state index contributed by atoms with van der Waals surface area (Å²) in [6.45, 7) is -2.28. The van der Waals surface area contributed by atoms with Crippen molar-refractivity contribution in [2.24, 2.45) is 0 Å². The molecule has 0 aromatic heterocycles. The Hall–Kier alpha value is -4.98. The predicted molar refractivity (Wildman–Crippen MR) is 183 cm³/mol. The van der Waals surface area contributed by atoms with Gasteiger partial charge in [0, 0.05) is 12.6 Å². The molecule has 0 atom stereocenters. The molecule has 1 aliphatic carbocycles. The molecule has 22 heteroatoms. The van der Waals surface area contributed by atoms with Crippen molar-refractivity contribution in [1.82, 2.24) is 10.3 Å². The van der Waals surface area contributed by atoms with Gasteiger partial charge in [0.25, 0.3) is 5.91 Å². The van der Waals surface area contributed by atoms with Gasteiger partial charge >= 0.3 is 75.4 Å². The second kappa shape index (κ2) is 23.6. The van der Waals surface area contributed by atoms with Crippen molar-refractivity contribution in [1.29, 1.82) is 0 Å². The molecule has 0 saturated heterocycles. The third-order valence-corrected chi connectivity index (χ3v) is 7.88. The Balaban J connectivity index is 0.00000435. The minimum atomic E-state index is -1.61. The molecule has 3 aromatic carbocycles. The maximum absolute atomic E-state index is 13.4. The van der Waals surface area contributed by atoms with Crippen LogP contribution in [0.3, 0.4) is 0 Å². The van der Waals surface area contributed by atoms with E-state index in [1.807, 2.05) is 0 Å². The Labute approximate surface area is 383 Å². The quantitative estimate of drug-likeness (QED) is 0.0474. The van der Waals surface area contributed by atoms with Crippen molar-refractivity contribution in [2.75, 3.05) is 49.2 Å². The van der Waals surface area contributed by atoms with Gasteiger partial charge in [0.1, 0.15) is 47.2 Å². The van der Waals surface area contributed by atoms with Gasteiger partial charge in [0.05, 0.1) is 61.4 Å². The van der Waals surface area contributed by atoms with Crippen molar-refractivity contribution >= 4 is 52.3 Å². The van der Waals surface area contributed by atoms with E-state index in [2.05, 4.69) is 10.3 Å². The number of aromatic hydroxyl groups is 1. The molecule has 2 aliphatic rings. The number of benzene rings is 4. The second-order valence-corrected chi connectivity index (χ2v) is 12.0. The van der Waals surface area contributed by atoms with Gasteiger partial charge in [-0.2, -0.15) is 0 Å². The van der Waals surface area contributed by atoms with Crippen LogP contribution in [0.4, 0.5) is 11.4 Å². The van der Waals surface area contributed by atoms with Crippen LogP contribution in [0.1, 0.15) is 21.5 Å². The van der Waals surface area contributed by atoms with Crippen LogP contribution < -0.4 is 126 Å². The van der Waals surface area contributed by atoms with Crippen molar-refractivity contribution in [2.45, 2.75) is 13.5 Å². The molecule has 2 N–H and O–H groups in total. The van der Waals surface area contributed by atoms with E-state index in [1.165, 1.54) is 60.7 Å². The summed E-state index contributed by atoms with van der Waals surface area (Å²) in [5.41, 5.74) is 1.01. The molecular weight excluding hydrogens is 752 g/mol. The number of carbonyl (C=O) groups excluding carboxylic acids is 5. The summed E-state index contributed by atoms with van der Waals surface area (Å²) < 4.78 is 17.5. The number of rotatable bonds is 18. The minimum Gasteiger partial charge on any atom is -0.548 e. The fraction of sp³-hybridized carbons (Fsp3) is 0.216. The first-order valence-electron chi connectivity index (χ1n) is 16.3.